The number of hydrogen-bond acceptors (Lipinski definition) is 5. The quantitative estimate of drug-likeness (QED) is 0.789. The van der Waals surface area contributed by atoms with Crippen molar-refractivity contribution in [3.8, 4) is 0 Å². The number of furan rings is 1. The van der Waals surface area contributed by atoms with Crippen LogP contribution >= 0.6 is 0 Å². The summed E-state index contributed by atoms with van der Waals surface area (Å²) < 4.78 is 10.3. The van der Waals surface area contributed by atoms with Crippen molar-refractivity contribution in [2.45, 2.75) is 26.8 Å². The number of nitrogens with one attached hydrogen (secondary N) is 1. The number of ether oxygens (including phenoxy) is 1. The van der Waals surface area contributed by atoms with Gasteiger partial charge in [-0.15, -0.1) is 0 Å². The van der Waals surface area contributed by atoms with E-state index in [4.69, 9.17) is 9.15 Å². The van der Waals surface area contributed by atoms with E-state index in [1.165, 1.54) is 6.26 Å². The lowest BCUT2D eigenvalue weighted by atomic mass is 10.1. The average molecular weight is 370 g/mol. The third-order valence-corrected chi connectivity index (χ3v) is 4.49. The second kappa shape index (κ2) is 8.07. The van der Waals surface area contributed by atoms with Crippen molar-refractivity contribution in [2.24, 2.45) is 5.92 Å². The minimum Gasteiger partial charge on any atom is -0.467 e. The molecule has 0 unspecified atom stereocenters. The molecule has 0 bridgehead atoms. The summed E-state index contributed by atoms with van der Waals surface area (Å²) >= 11 is 0. The zero-order valence-corrected chi connectivity index (χ0v) is 15.4. The van der Waals surface area contributed by atoms with Crippen LogP contribution in [0.3, 0.4) is 0 Å². The number of benzene rings is 1. The number of carbonyl (C=O) groups is 3. The van der Waals surface area contributed by atoms with Crippen LogP contribution < -0.4 is 5.32 Å². The van der Waals surface area contributed by atoms with Crippen LogP contribution in [0.4, 0.5) is 5.69 Å². The Balaban J connectivity index is 1.48. The lowest BCUT2D eigenvalue weighted by Gasteiger charge is -2.15. The molecule has 0 radical (unpaired) electrons. The van der Waals surface area contributed by atoms with E-state index < -0.39 is 17.8 Å². The molecule has 1 aliphatic rings. The zero-order valence-electron chi connectivity index (χ0n) is 15.4. The van der Waals surface area contributed by atoms with Gasteiger partial charge < -0.3 is 19.4 Å². The predicted molar refractivity (Wildman–Crippen MR) is 97.7 cm³/mol. The first kappa shape index (κ1) is 18.7. The van der Waals surface area contributed by atoms with Crippen molar-refractivity contribution in [1.82, 2.24) is 4.90 Å². The van der Waals surface area contributed by atoms with Gasteiger partial charge in [-0.05, 0) is 43.2 Å². The van der Waals surface area contributed by atoms with Crippen LogP contribution in [0.15, 0.2) is 41.0 Å². The van der Waals surface area contributed by atoms with Crippen molar-refractivity contribution >= 4 is 23.5 Å². The van der Waals surface area contributed by atoms with Gasteiger partial charge in [-0.25, -0.2) is 0 Å². The third-order valence-electron chi connectivity index (χ3n) is 4.49. The molecular formula is C20H22N2O5. The van der Waals surface area contributed by atoms with Gasteiger partial charge in [0.2, 0.25) is 5.91 Å². The van der Waals surface area contributed by atoms with Crippen LogP contribution in [-0.2, 0) is 25.7 Å². The number of likely N-dealkylation sites (tertiary alicyclic amines) is 1. The van der Waals surface area contributed by atoms with Gasteiger partial charge in [0.05, 0.1) is 18.7 Å². The Morgan fingerprint density at radius 2 is 2.11 bits per heavy atom. The number of nitrogens with zero attached hydrogens (tertiary/aromatic N) is 1. The van der Waals surface area contributed by atoms with Crippen molar-refractivity contribution in [2.75, 3.05) is 18.5 Å². The molecule has 1 N–H and O–H groups in total. The first-order valence-corrected chi connectivity index (χ1v) is 8.76. The molecule has 142 valence electrons. The maximum absolute atomic E-state index is 12.2. The Labute approximate surface area is 157 Å². The normalized spacial score (nSPS) is 16.4. The minimum absolute atomic E-state index is 0.0815. The molecule has 1 aromatic heterocycles. The molecule has 1 aromatic carbocycles. The second-order valence-corrected chi connectivity index (χ2v) is 6.73. The van der Waals surface area contributed by atoms with Gasteiger partial charge in [-0.1, -0.05) is 12.1 Å². The summed E-state index contributed by atoms with van der Waals surface area (Å²) in [6.45, 7) is 4.02. The smallest absolute Gasteiger partial charge is 0.311 e. The zero-order chi connectivity index (χ0) is 19.4. The number of rotatable bonds is 6. The predicted octanol–water partition coefficient (Wildman–Crippen LogP) is 2.43. The van der Waals surface area contributed by atoms with Crippen LogP contribution in [0.1, 0.15) is 23.3 Å². The van der Waals surface area contributed by atoms with Gasteiger partial charge in [-0.2, -0.15) is 0 Å². The summed E-state index contributed by atoms with van der Waals surface area (Å²) in [5.41, 5.74) is 2.64. The molecule has 7 nitrogen and oxygen atoms in total. The number of carbonyl (C=O) groups excluding carboxylic acids is 3. The molecule has 3 rings (SSSR count). The highest BCUT2D eigenvalue weighted by Gasteiger charge is 2.35. The number of hydrogen-bond donors (Lipinski definition) is 1. The second-order valence-electron chi connectivity index (χ2n) is 6.73. The molecule has 7 heteroatoms. The summed E-state index contributed by atoms with van der Waals surface area (Å²) in [5.74, 6) is -0.991. The van der Waals surface area contributed by atoms with E-state index in [-0.39, 0.29) is 25.5 Å². The Kier molecular flexibility index (Phi) is 5.59. The van der Waals surface area contributed by atoms with E-state index in [0.29, 0.717) is 18.0 Å². The average Bonchev–Trinajstić information content (AvgIpc) is 3.27. The van der Waals surface area contributed by atoms with Crippen molar-refractivity contribution < 1.29 is 23.5 Å². The summed E-state index contributed by atoms with van der Waals surface area (Å²) in [6, 6.07) is 9.25. The number of esters is 1. The lowest BCUT2D eigenvalue weighted by Crippen LogP contribution is -2.28. The molecule has 2 amide bonds. The summed E-state index contributed by atoms with van der Waals surface area (Å²) in [5, 5.41) is 2.74. The molecule has 0 aliphatic carbocycles. The first-order chi connectivity index (χ1) is 12.9. The molecule has 0 spiro atoms. The molecule has 1 saturated heterocycles. The van der Waals surface area contributed by atoms with Crippen molar-refractivity contribution in [3.05, 3.63) is 53.5 Å². The standard InChI is InChI=1S/C20H22N2O5/c1-13-5-6-14(2)17(8-13)21-18(23)12-27-20(25)15-9-19(24)22(10-15)11-16-4-3-7-26-16/h3-8,15H,9-12H2,1-2H3,(H,21,23)/t15-/m1/s1. The van der Waals surface area contributed by atoms with E-state index >= 15 is 0 Å². The fraction of sp³-hybridized carbons (Fsp3) is 0.350. The van der Waals surface area contributed by atoms with Crippen molar-refractivity contribution in [3.63, 3.8) is 0 Å². The SMILES string of the molecule is Cc1ccc(C)c(NC(=O)COC(=O)[C@@H]2CC(=O)N(Cc3ccco3)C2)c1. The molecule has 2 heterocycles. The van der Waals surface area contributed by atoms with Crippen molar-refractivity contribution in [1.29, 1.82) is 0 Å². The molecule has 0 saturated carbocycles. The van der Waals surface area contributed by atoms with Crippen LogP contribution in [0.25, 0.3) is 0 Å². The number of amides is 2. The Morgan fingerprint density at radius 3 is 2.85 bits per heavy atom. The Hall–Kier alpha value is -3.09. The molecule has 1 atom stereocenters. The van der Waals surface area contributed by atoms with Crippen LogP contribution in [0.2, 0.25) is 0 Å². The van der Waals surface area contributed by atoms with Crippen LogP contribution in [-0.4, -0.2) is 35.8 Å². The van der Waals surface area contributed by atoms with Gasteiger partial charge >= 0.3 is 5.97 Å². The van der Waals surface area contributed by atoms with Gasteiger partial charge in [0, 0.05) is 18.7 Å². The van der Waals surface area contributed by atoms with E-state index in [1.54, 1.807) is 17.0 Å². The Morgan fingerprint density at radius 1 is 1.30 bits per heavy atom. The Bertz CT molecular complexity index is 844. The number of aryl methyl sites for hydroxylation is 2. The molecule has 1 fully saturated rings. The highest BCUT2D eigenvalue weighted by molar-refractivity contribution is 5.94. The summed E-state index contributed by atoms with van der Waals surface area (Å²) in [7, 11) is 0. The fourth-order valence-electron chi connectivity index (χ4n) is 2.98. The van der Waals surface area contributed by atoms with E-state index in [1.807, 2.05) is 32.0 Å². The fourth-order valence-corrected chi connectivity index (χ4v) is 2.98. The summed E-state index contributed by atoms with van der Waals surface area (Å²) in [6.07, 6.45) is 1.62. The monoisotopic (exact) mass is 370 g/mol. The lowest BCUT2D eigenvalue weighted by molar-refractivity contribution is -0.151. The highest BCUT2D eigenvalue weighted by Crippen LogP contribution is 2.22. The largest absolute Gasteiger partial charge is 0.467 e. The van der Waals surface area contributed by atoms with Gasteiger partial charge in [-0.3, -0.25) is 14.4 Å². The molecule has 1 aliphatic heterocycles. The van der Waals surface area contributed by atoms with E-state index in [0.717, 1.165) is 11.1 Å². The maximum Gasteiger partial charge on any atom is 0.311 e. The topological polar surface area (TPSA) is 88.8 Å². The first-order valence-electron chi connectivity index (χ1n) is 8.76. The van der Waals surface area contributed by atoms with Crippen LogP contribution in [0, 0.1) is 19.8 Å². The van der Waals surface area contributed by atoms with E-state index in [2.05, 4.69) is 5.32 Å². The highest BCUT2D eigenvalue weighted by atomic mass is 16.5. The van der Waals surface area contributed by atoms with Crippen LogP contribution in [0.5, 0.6) is 0 Å². The molecule has 2 aromatic rings. The molecule has 27 heavy (non-hydrogen) atoms. The summed E-state index contributed by atoms with van der Waals surface area (Å²) in [4.78, 5) is 37.9. The maximum atomic E-state index is 12.2. The minimum atomic E-state index is -0.569. The van der Waals surface area contributed by atoms with Gasteiger partial charge in [0.25, 0.3) is 5.91 Å². The molecular weight excluding hydrogens is 348 g/mol. The van der Waals surface area contributed by atoms with E-state index in [9.17, 15) is 14.4 Å². The van der Waals surface area contributed by atoms with Gasteiger partial charge in [0.15, 0.2) is 6.61 Å². The number of anilines is 1. The van der Waals surface area contributed by atoms with Gasteiger partial charge in [0.1, 0.15) is 5.76 Å². The third kappa shape index (κ3) is 4.75.